The second kappa shape index (κ2) is 9.31. The number of hydrogen-bond donors (Lipinski definition) is 0. The van der Waals surface area contributed by atoms with Crippen molar-refractivity contribution in [3.8, 4) is 0 Å². The molecule has 9 heteroatoms. The van der Waals surface area contributed by atoms with Gasteiger partial charge >= 0.3 is 0 Å². The maximum absolute atomic E-state index is 14.1. The molecule has 1 saturated carbocycles. The maximum atomic E-state index is 14.1. The first-order chi connectivity index (χ1) is 15.3. The number of nitrogens with zero attached hydrogens (tertiary/aromatic N) is 3. The van der Waals surface area contributed by atoms with Crippen LogP contribution in [0.3, 0.4) is 0 Å². The van der Waals surface area contributed by atoms with Gasteiger partial charge in [-0.15, -0.1) is 0 Å². The van der Waals surface area contributed by atoms with E-state index in [0.717, 1.165) is 25.7 Å². The molecule has 2 aliphatic rings. The van der Waals surface area contributed by atoms with Crippen LogP contribution < -0.4 is 0 Å². The monoisotopic (exact) mass is 463 g/mol. The van der Waals surface area contributed by atoms with Gasteiger partial charge in [0.25, 0.3) is 0 Å². The van der Waals surface area contributed by atoms with E-state index in [-0.39, 0.29) is 41.2 Å². The van der Waals surface area contributed by atoms with Crippen LogP contribution in [0.4, 0.5) is 4.39 Å². The lowest BCUT2D eigenvalue weighted by atomic mass is 10.2. The van der Waals surface area contributed by atoms with E-state index in [1.807, 2.05) is 13.8 Å². The molecule has 1 aliphatic heterocycles. The lowest BCUT2D eigenvalue weighted by Crippen LogP contribution is -2.38. The molecule has 0 bridgehead atoms. The number of hydrogen-bond acceptors (Lipinski definition) is 5. The fourth-order valence-electron chi connectivity index (χ4n) is 4.09. The second-order valence-electron chi connectivity index (χ2n) is 8.96. The predicted molar refractivity (Wildman–Crippen MR) is 117 cm³/mol. The second-order valence-corrected chi connectivity index (χ2v) is 10.8. The van der Waals surface area contributed by atoms with E-state index >= 15 is 0 Å². The fourth-order valence-corrected chi connectivity index (χ4v) is 5.61. The molecule has 7 nitrogen and oxygen atoms in total. The highest BCUT2D eigenvalue weighted by molar-refractivity contribution is 7.90. The molecule has 2 fully saturated rings. The van der Waals surface area contributed by atoms with Crippen molar-refractivity contribution in [1.82, 2.24) is 14.5 Å². The lowest BCUT2D eigenvalue weighted by molar-refractivity contribution is -0.135. The molecule has 174 valence electrons. The van der Waals surface area contributed by atoms with Crippen molar-refractivity contribution in [2.24, 2.45) is 5.92 Å². The van der Waals surface area contributed by atoms with E-state index in [1.165, 1.54) is 24.4 Å². The van der Waals surface area contributed by atoms with Gasteiger partial charge in [0.15, 0.2) is 0 Å². The highest BCUT2D eigenvalue weighted by Crippen LogP contribution is 2.32. The summed E-state index contributed by atoms with van der Waals surface area (Å²) in [6.07, 6.45) is 4.97. The first-order valence-electron chi connectivity index (χ1n) is 11.2. The first-order valence-corrected chi connectivity index (χ1v) is 12.8. The first kappa shape index (κ1) is 22.9. The predicted octanol–water partition coefficient (Wildman–Crippen LogP) is 3.32. The molecule has 0 spiro atoms. The Kier molecular flexibility index (Phi) is 6.67. The molecule has 0 N–H and O–H groups in total. The number of rotatable bonds is 9. The average molecular weight is 464 g/mol. The summed E-state index contributed by atoms with van der Waals surface area (Å²) in [4.78, 5) is 18.8. The Balaban J connectivity index is 1.66. The van der Waals surface area contributed by atoms with Gasteiger partial charge in [0.1, 0.15) is 5.82 Å². The molecule has 1 unspecified atom stereocenters. The molecule has 1 amide bonds. The summed E-state index contributed by atoms with van der Waals surface area (Å²) in [7, 11) is -3.91. The Morgan fingerprint density at radius 3 is 2.66 bits per heavy atom. The van der Waals surface area contributed by atoms with Crippen molar-refractivity contribution >= 4 is 15.7 Å². The Morgan fingerprint density at radius 2 is 2.03 bits per heavy atom. The molecule has 1 aromatic heterocycles. The smallest absolute Gasteiger partial charge is 0.228 e. The molecule has 2 heterocycles. The van der Waals surface area contributed by atoms with E-state index < -0.39 is 21.4 Å². The van der Waals surface area contributed by atoms with E-state index in [2.05, 4.69) is 4.98 Å². The Morgan fingerprint density at radius 1 is 1.28 bits per heavy atom. The molecule has 0 radical (unpaired) electrons. The summed E-state index contributed by atoms with van der Waals surface area (Å²) in [6.45, 7) is 5.17. The third kappa shape index (κ3) is 5.04. The Bertz CT molecular complexity index is 1070. The summed E-state index contributed by atoms with van der Waals surface area (Å²) < 4.78 is 48.1. The zero-order chi connectivity index (χ0) is 22.9. The van der Waals surface area contributed by atoms with Crippen LogP contribution in [0.1, 0.15) is 50.8 Å². The molecule has 1 aromatic carbocycles. The van der Waals surface area contributed by atoms with Gasteiger partial charge in [-0.05, 0) is 45.6 Å². The number of imidazole rings is 1. The lowest BCUT2D eigenvalue weighted by Gasteiger charge is -2.28. The van der Waals surface area contributed by atoms with Gasteiger partial charge in [0, 0.05) is 24.1 Å². The van der Waals surface area contributed by atoms with Gasteiger partial charge in [-0.3, -0.25) is 4.79 Å². The minimum Gasteiger partial charge on any atom is -0.376 e. The molecule has 1 saturated heterocycles. The number of aromatic nitrogens is 2. The highest BCUT2D eigenvalue weighted by Gasteiger charge is 2.35. The zero-order valence-corrected chi connectivity index (χ0v) is 19.4. The van der Waals surface area contributed by atoms with Crippen molar-refractivity contribution in [3.63, 3.8) is 0 Å². The number of carbonyl (C=O) groups excluding carboxylic acids is 1. The third-order valence-corrected chi connectivity index (χ3v) is 7.63. The minimum atomic E-state index is -3.91. The fraction of sp³-hybridized carbons (Fsp3) is 0.565. The number of ether oxygens (including phenoxy) is 1. The molecule has 4 rings (SSSR count). The summed E-state index contributed by atoms with van der Waals surface area (Å²) in [6, 6.07) is 5.84. The maximum Gasteiger partial charge on any atom is 0.228 e. The zero-order valence-electron chi connectivity index (χ0n) is 18.5. The van der Waals surface area contributed by atoms with Crippen molar-refractivity contribution in [2.45, 2.75) is 75.7 Å². The number of sulfone groups is 1. The summed E-state index contributed by atoms with van der Waals surface area (Å²) >= 11 is 0. The topological polar surface area (TPSA) is 81.5 Å². The number of benzene rings is 1. The number of amides is 1. The van der Waals surface area contributed by atoms with Crippen molar-refractivity contribution in [2.75, 3.05) is 6.61 Å². The van der Waals surface area contributed by atoms with Crippen LogP contribution in [0, 0.1) is 11.7 Å². The Labute approximate surface area is 188 Å². The largest absolute Gasteiger partial charge is 0.376 e. The van der Waals surface area contributed by atoms with Gasteiger partial charge in [-0.25, -0.2) is 17.8 Å². The van der Waals surface area contributed by atoms with Crippen LogP contribution in [0.25, 0.3) is 0 Å². The Hall–Kier alpha value is -2.26. The van der Waals surface area contributed by atoms with Crippen LogP contribution in [0.15, 0.2) is 35.6 Å². The number of halogens is 1. The average Bonchev–Trinajstić information content (AvgIpc) is 3.32. The van der Waals surface area contributed by atoms with Gasteiger partial charge in [0.2, 0.25) is 20.9 Å². The molecule has 32 heavy (non-hydrogen) atoms. The van der Waals surface area contributed by atoms with Crippen LogP contribution in [-0.4, -0.2) is 47.5 Å². The molecule has 2 aromatic rings. The summed E-state index contributed by atoms with van der Waals surface area (Å²) in [5.41, 5.74) is 0.753. The third-order valence-electron chi connectivity index (χ3n) is 6.06. The molecular weight excluding hydrogens is 433 g/mol. The minimum absolute atomic E-state index is 0.0207. The van der Waals surface area contributed by atoms with Crippen molar-refractivity contribution in [1.29, 1.82) is 0 Å². The van der Waals surface area contributed by atoms with Gasteiger partial charge < -0.3 is 14.2 Å². The summed E-state index contributed by atoms with van der Waals surface area (Å²) in [5, 5.41) is -0.103. The van der Waals surface area contributed by atoms with E-state index in [4.69, 9.17) is 4.74 Å². The highest BCUT2D eigenvalue weighted by atomic mass is 32.2. The van der Waals surface area contributed by atoms with E-state index in [1.54, 1.807) is 15.5 Å². The quantitative estimate of drug-likeness (QED) is 0.570. The van der Waals surface area contributed by atoms with E-state index in [0.29, 0.717) is 18.8 Å². The summed E-state index contributed by atoms with van der Waals surface area (Å²) in [5.74, 6) is -0.873. The van der Waals surface area contributed by atoms with Crippen LogP contribution in [0.2, 0.25) is 0 Å². The number of carbonyl (C=O) groups is 1. The van der Waals surface area contributed by atoms with Gasteiger partial charge in [0.05, 0.1) is 36.8 Å². The van der Waals surface area contributed by atoms with Gasteiger partial charge in [-0.2, -0.15) is 0 Å². The SMILES string of the molecule is CC(C)N(Cc1cnc(S(=O)(=O)Cc2ccccc2F)n1CC1CCCO1)C(=O)C1CC1. The van der Waals surface area contributed by atoms with Crippen LogP contribution in [0.5, 0.6) is 0 Å². The van der Waals surface area contributed by atoms with Crippen LogP contribution in [-0.2, 0) is 38.2 Å². The van der Waals surface area contributed by atoms with Crippen LogP contribution >= 0.6 is 0 Å². The molecular formula is C23H30FN3O4S. The van der Waals surface area contributed by atoms with Crippen molar-refractivity contribution < 1.29 is 22.3 Å². The normalized spacial score (nSPS) is 18.9. The van der Waals surface area contributed by atoms with Gasteiger partial charge in [-0.1, -0.05) is 18.2 Å². The molecule has 1 aliphatic carbocycles. The van der Waals surface area contributed by atoms with Crippen molar-refractivity contribution in [3.05, 3.63) is 47.5 Å². The van der Waals surface area contributed by atoms with E-state index in [9.17, 15) is 17.6 Å². The standard InChI is InChI=1S/C23H30FN3O4S/c1-16(2)26(22(28)17-9-10-17)13-19-12-25-23(27(19)14-20-7-5-11-31-20)32(29,30)15-18-6-3-4-8-21(18)24/h3-4,6,8,12,16-17,20H,5,7,9-11,13-15H2,1-2H3. The molecule has 1 atom stereocenters.